The zero-order valence-corrected chi connectivity index (χ0v) is 37.6. The van der Waals surface area contributed by atoms with Crippen LogP contribution in [-0.4, -0.2) is 14.2 Å². The van der Waals surface area contributed by atoms with E-state index in [0.717, 1.165) is 33.8 Å². The fourth-order valence-electron chi connectivity index (χ4n) is 5.03. The van der Waals surface area contributed by atoms with E-state index in [1.807, 2.05) is 171 Å². The third-order valence-electron chi connectivity index (χ3n) is 8.51. The Morgan fingerprint density at radius 2 is 0.576 bits per heavy atom. The summed E-state index contributed by atoms with van der Waals surface area (Å²) in [4.78, 5) is 12.7. The Balaban J connectivity index is 0.000000271. The highest BCUT2D eigenvalue weighted by molar-refractivity contribution is 7.91. The first-order chi connectivity index (χ1) is 28.3. The molecular formula is C54H62O4S. The van der Waals surface area contributed by atoms with Crippen LogP contribution in [0.25, 0.3) is 0 Å². The van der Waals surface area contributed by atoms with Gasteiger partial charge in [0.25, 0.3) is 0 Å². The molecule has 0 amide bonds. The Morgan fingerprint density at radius 1 is 0.339 bits per heavy atom. The van der Waals surface area contributed by atoms with Crippen molar-refractivity contribution in [1.82, 2.24) is 0 Å². The molecule has 308 valence electrons. The lowest BCUT2D eigenvalue weighted by atomic mass is 10.0. The van der Waals surface area contributed by atoms with Gasteiger partial charge in [0.05, 0.1) is 9.79 Å². The van der Waals surface area contributed by atoms with Crippen molar-refractivity contribution in [2.45, 2.75) is 86.0 Å². The van der Waals surface area contributed by atoms with Crippen LogP contribution in [0.1, 0.15) is 82.6 Å². The van der Waals surface area contributed by atoms with E-state index >= 15 is 0 Å². The predicted octanol–water partition coefficient (Wildman–Crippen LogP) is 14.8. The van der Waals surface area contributed by atoms with Crippen LogP contribution in [0.4, 0.5) is 0 Å². The van der Waals surface area contributed by atoms with E-state index in [9.17, 15) is 13.2 Å². The van der Waals surface area contributed by atoms with Gasteiger partial charge in [-0.05, 0) is 97.0 Å². The lowest BCUT2D eigenvalue weighted by Crippen LogP contribution is -2.01. The number of rotatable bonds is 6. The average molecular weight is 807 g/mol. The summed E-state index contributed by atoms with van der Waals surface area (Å²) in [6.45, 7) is 22.1. The number of hydrogen-bond acceptors (Lipinski definition) is 4. The van der Waals surface area contributed by atoms with Crippen molar-refractivity contribution in [1.29, 1.82) is 0 Å². The number of sulfone groups is 1. The SMILES string of the molecule is CC.CC.Cc1ccc(C(=O)c2ccc(C)cc2)cc1.Cc1ccc(Oc2ccc(C)cc2)cc1.Cc1ccc(S(=O)(=O)c2ccc(C)cc2)cc1.Cc1ccccc1. The third kappa shape index (κ3) is 17.6. The van der Waals surface area contributed by atoms with Gasteiger partial charge < -0.3 is 4.74 Å². The summed E-state index contributed by atoms with van der Waals surface area (Å²) in [5.74, 6) is 1.84. The quantitative estimate of drug-likeness (QED) is 0.157. The highest BCUT2D eigenvalue weighted by atomic mass is 32.2. The van der Waals surface area contributed by atoms with Crippen LogP contribution in [0.5, 0.6) is 11.5 Å². The molecule has 7 aromatic rings. The summed E-state index contributed by atoms with van der Waals surface area (Å²) in [6.07, 6.45) is 0. The van der Waals surface area contributed by atoms with Crippen molar-refractivity contribution in [2.24, 2.45) is 0 Å². The second-order valence-electron chi connectivity index (χ2n) is 13.6. The molecular weight excluding hydrogens is 745 g/mol. The van der Waals surface area contributed by atoms with Gasteiger partial charge in [0, 0.05) is 11.1 Å². The van der Waals surface area contributed by atoms with Crippen LogP contribution < -0.4 is 4.74 Å². The van der Waals surface area contributed by atoms with Gasteiger partial charge in [-0.3, -0.25) is 4.79 Å². The Labute approximate surface area is 355 Å². The smallest absolute Gasteiger partial charge is 0.206 e. The monoisotopic (exact) mass is 806 g/mol. The lowest BCUT2D eigenvalue weighted by Gasteiger charge is -2.05. The minimum absolute atomic E-state index is 0.0833. The Hall–Kier alpha value is -6.04. The molecule has 0 bridgehead atoms. The van der Waals surface area contributed by atoms with Crippen LogP contribution in [-0.2, 0) is 9.84 Å². The van der Waals surface area contributed by atoms with Crippen LogP contribution in [0, 0.1) is 48.5 Å². The van der Waals surface area contributed by atoms with Crippen LogP contribution in [0.2, 0.25) is 0 Å². The second kappa shape index (κ2) is 26.1. The molecule has 0 radical (unpaired) electrons. The van der Waals surface area contributed by atoms with Gasteiger partial charge in [-0.2, -0.15) is 0 Å². The average Bonchev–Trinajstić information content (AvgIpc) is 3.25. The molecule has 0 N–H and O–H groups in total. The topological polar surface area (TPSA) is 60.4 Å². The van der Waals surface area contributed by atoms with Gasteiger partial charge in [-0.15, -0.1) is 0 Å². The maximum atomic E-state index is 12.3. The van der Waals surface area contributed by atoms with Gasteiger partial charge in [0.1, 0.15) is 11.5 Å². The Kier molecular flexibility index (Phi) is 21.7. The summed E-state index contributed by atoms with van der Waals surface area (Å²) in [5, 5.41) is 0. The number of carbonyl (C=O) groups excluding carboxylic acids is 1. The van der Waals surface area contributed by atoms with Gasteiger partial charge in [-0.1, -0.05) is 194 Å². The Bertz CT molecular complexity index is 2170. The number of ether oxygens (including phenoxy) is 1. The standard InChI is InChI=1S/C15H14O.C14H14O2S.C14H14O.C7H8.2C2H6/c1-11-3-7-13(8-4-11)15(16)14-9-5-12(2)6-10-14;1-11-3-7-13(8-4-11)17(15,16)14-9-5-12(2)6-10-14;1-11-3-7-13(8-4-11)15-14-9-5-12(2)6-10-14;1-7-5-3-2-4-6-7;2*1-2/h3-10H,1-2H3;3-10H,1-2H3;3-10H,1-2H3;2-6H,1H3;2*1-2H3. The van der Waals surface area contributed by atoms with E-state index in [2.05, 4.69) is 32.9 Å². The van der Waals surface area contributed by atoms with Crippen molar-refractivity contribution >= 4 is 15.6 Å². The maximum Gasteiger partial charge on any atom is 0.206 e. The largest absolute Gasteiger partial charge is 0.457 e. The number of aryl methyl sites for hydroxylation is 7. The van der Waals surface area contributed by atoms with Gasteiger partial charge in [-0.25, -0.2) is 8.42 Å². The summed E-state index contributed by atoms with van der Waals surface area (Å²) in [7, 11) is -3.37. The van der Waals surface area contributed by atoms with E-state index in [4.69, 9.17) is 4.74 Å². The summed E-state index contributed by atoms with van der Waals surface area (Å²) in [5.41, 5.74) is 9.73. The lowest BCUT2D eigenvalue weighted by molar-refractivity contribution is 0.103. The van der Waals surface area contributed by atoms with E-state index in [0.29, 0.717) is 9.79 Å². The van der Waals surface area contributed by atoms with Gasteiger partial charge >= 0.3 is 0 Å². The minimum atomic E-state index is -3.37. The summed E-state index contributed by atoms with van der Waals surface area (Å²) < 4.78 is 30.2. The molecule has 0 atom stereocenters. The predicted molar refractivity (Wildman–Crippen MR) is 250 cm³/mol. The molecule has 0 unspecified atom stereocenters. The molecule has 7 aromatic carbocycles. The Morgan fingerprint density at radius 3 is 0.831 bits per heavy atom. The minimum Gasteiger partial charge on any atom is -0.457 e. The molecule has 0 aliphatic carbocycles. The van der Waals surface area contributed by atoms with Crippen LogP contribution in [0.3, 0.4) is 0 Å². The first kappa shape index (κ1) is 49.1. The van der Waals surface area contributed by atoms with Crippen molar-refractivity contribution < 1.29 is 17.9 Å². The molecule has 0 fully saturated rings. The van der Waals surface area contributed by atoms with Crippen molar-refractivity contribution in [3.8, 4) is 11.5 Å². The fraction of sp³-hybridized carbons (Fsp3) is 0.204. The molecule has 0 saturated carbocycles. The normalized spacial score (nSPS) is 9.81. The number of hydrogen-bond donors (Lipinski definition) is 0. The third-order valence-corrected chi connectivity index (χ3v) is 10.3. The molecule has 0 aliphatic rings. The zero-order valence-electron chi connectivity index (χ0n) is 36.8. The molecule has 0 saturated heterocycles. The number of benzene rings is 7. The van der Waals surface area contributed by atoms with Gasteiger partial charge in [0.2, 0.25) is 9.84 Å². The number of ketones is 1. The highest BCUT2D eigenvalue weighted by Crippen LogP contribution is 2.23. The first-order valence-electron chi connectivity index (χ1n) is 20.2. The molecule has 0 heterocycles. The molecule has 4 nitrogen and oxygen atoms in total. The summed E-state index contributed by atoms with van der Waals surface area (Å²) in [6, 6.07) is 55.5. The maximum absolute atomic E-state index is 12.3. The van der Waals surface area contributed by atoms with Crippen LogP contribution in [0.15, 0.2) is 186 Å². The fourth-order valence-corrected chi connectivity index (χ4v) is 6.29. The molecule has 7 rings (SSSR count). The van der Waals surface area contributed by atoms with Crippen molar-refractivity contribution in [3.05, 3.63) is 226 Å². The molecule has 5 heteroatoms. The second-order valence-corrected chi connectivity index (χ2v) is 15.5. The van der Waals surface area contributed by atoms with Crippen LogP contribution >= 0.6 is 0 Å². The molecule has 59 heavy (non-hydrogen) atoms. The van der Waals surface area contributed by atoms with E-state index in [1.165, 1.54) is 27.8 Å². The molecule has 0 aromatic heterocycles. The van der Waals surface area contributed by atoms with E-state index < -0.39 is 9.84 Å². The van der Waals surface area contributed by atoms with E-state index in [-0.39, 0.29) is 5.78 Å². The van der Waals surface area contributed by atoms with Crippen molar-refractivity contribution in [2.75, 3.05) is 0 Å². The zero-order chi connectivity index (χ0) is 43.8. The molecule has 0 aliphatic heterocycles. The van der Waals surface area contributed by atoms with Crippen molar-refractivity contribution in [3.63, 3.8) is 0 Å². The van der Waals surface area contributed by atoms with Gasteiger partial charge in [0.15, 0.2) is 5.78 Å². The first-order valence-corrected chi connectivity index (χ1v) is 21.7. The van der Waals surface area contributed by atoms with E-state index in [1.54, 1.807) is 48.5 Å². The number of carbonyl (C=O) groups is 1. The highest BCUT2D eigenvalue weighted by Gasteiger charge is 2.16. The summed E-state index contributed by atoms with van der Waals surface area (Å²) >= 11 is 0. The molecule has 0 spiro atoms.